The van der Waals surface area contributed by atoms with Crippen molar-refractivity contribution in [1.29, 1.82) is 0 Å². The number of allylic oxidation sites excluding steroid dienone is 2. The first-order chi connectivity index (χ1) is 16.8. The molecule has 1 saturated carbocycles. The molecule has 35 heavy (non-hydrogen) atoms. The molecule has 0 aromatic heterocycles. The first kappa shape index (κ1) is 24.6. The molecule has 0 radical (unpaired) electrons. The van der Waals surface area contributed by atoms with Crippen LogP contribution in [0.15, 0.2) is 84.0 Å². The summed E-state index contributed by atoms with van der Waals surface area (Å²) in [6, 6.07) is 18.2. The van der Waals surface area contributed by atoms with Crippen LogP contribution in [0.1, 0.15) is 45.1 Å². The van der Waals surface area contributed by atoms with E-state index < -0.39 is 6.04 Å². The standard InChI is InChI=1S/C30H34N2O3/c1-19-14-15-23(17-26-21(3)28(33)18-25(19)26)20(2)29(34)32-27(16-22-10-6-4-7-11-22)30(35)31-24-12-8-5-9-13-24/h4-13,19,23,25,27H,2,14-18H2,1,3H3,(H,31,35)(H,32,34)/t19-,23-,25-,27-/m0/s1. The first-order valence-electron chi connectivity index (χ1n) is 12.5. The van der Waals surface area contributed by atoms with Crippen molar-refractivity contribution >= 4 is 23.3 Å². The number of carbonyl (C=O) groups excluding carboxylic acids is 3. The molecule has 0 bridgehead atoms. The van der Waals surface area contributed by atoms with E-state index in [0.29, 0.717) is 36.4 Å². The van der Waals surface area contributed by atoms with Crippen LogP contribution >= 0.6 is 0 Å². The zero-order valence-electron chi connectivity index (χ0n) is 20.6. The topological polar surface area (TPSA) is 75.3 Å². The van der Waals surface area contributed by atoms with E-state index in [-0.39, 0.29) is 29.4 Å². The summed E-state index contributed by atoms with van der Waals surface area (Å²) in [5.74, 6) is 0.324. The summed E-state index contributed by atoms with van der Waals surface area (Å²) in [7, 11) is 0. The molecular formula is C30H34N2O3. The molecule has 4 rings (SSSR count). The van der Waals surface area contributed by atoms with Gasteiger partial charge in [-0.3, -0.25) is 14.4 Å². The summed E-state index contributed by atoms with van der Waals surface area (Å²) in [6.07, 6.45) is 3.47. The SMILES string of the molecule is C=C(C(=O)N[C@@H](Cc1ccccc1)C(=O)Nc1ccccc1)[C@H]1CC[C@H](C)[C@@H]2CC(=O)C(C)=C2C1. The second-order valence-corrected chi connectivity index (χ2v) is 9.94. The lowest BCUT2D eigenvalue weighted by atomic mass is 9.86. The third-order valence-corrected chi connectivity index (χ3v) is 7.61. The maximum absolute atomic E-state index is 13.4. The fourth-order valence-corrected chi connectivity index (χ4v) is 5.36. The van der Waals surface area contributed by atoms with Crippen LogP contribution in [0, 0.1) is 17.8 Å². The van der Waals surface area contributed by atoms with Gasteiger partial charge in [0, 0.05) is 24.1 Å². The van der Waals surface area contributed by atoms with Gasteiger partial charge in [0.25, 0.3) is 0 Å². The van der Waals surface area contributed by atoms with Crippen LogP contribution in [0.2, 0.25) is 0 Å². The van der Waals surface area contributed by atoms with Gasteiger partial charge in [0.05, 0.1) is 0 Å². The molecule has 2 amide bonds. The molecule has 182 valence electrons. The molecule has 0 saturated heterocycles. The van der Waals surface area contributed by atoms with Crippen LogP contribution in [-0.2, 0) is 20.8 Å². The molecule has 2 aromatic carbocycles. The van der Waals surface area contributed by atoms with Crippen LogP contribution in [0.4, 0.5) is 5.69 Å². The van der Waals surface area contributed by atoms with Gasteiger partial charge in [0.1, 0.15) is 6.04 Å². The van der Waals surface area contributed by atoms with Gasteiger partial charge in [0.15, 0.2) is 5.78 Å². The molecule has 0 aliphatic heterocycles. The van der Waals surface area contributed by atoms with Crippen LogP contribution in [-0.4, -0.2) is 23.6 Å². The predicted molar refractivity (Wildman–Crippen MR) is 139 cm³/mol. The number of para-hydroxylation sites is 1. The summed E-state index contributed by atoms with van der Waals surface area (Å²) in [5.41, 5.74) is 4.19. The van der Waals surface area contributed by atoms with Crippen LogP contribution in [0.5, 0.6) is 0 Å². The highest BCUT2D eigenvalue weighted by Crippen LogP contribution is 2.45. The quantitative estimate of drug-likeness (QED) is 0.543. The van der Waals surface area contributed by atoms with E-state index in [2.05, 4.69) is 24.1 Å². The molecule has 2 N–H and O–H groups in total. The smallest absolute Gasteiger partial charge is 0.247 e. The predicted octanol–water partition coefficient (Wildman–Crippen LogP) is 5.25. The number of hydrogen-bond acceptors (Lipinski definition) is 3. The lowest BCUT2D eigenvalue weighted by molar-refractivity contribution is -0.124. The van der Waals surface area contributed by atoms with Gasteiger partial charge in [-0.15, -0.1) is 0 Å². The van der Waals surface area contributed by atoms with E-state index in [1.165, 1.54) is 5.57 Å². The lowest BCUT2D eigenvalue weighted by Gasteiger charge is -2.23. The fourth-order valence-electron chi connectivity index (χ4n) is 5.36. The van der Waals surface area contributed by atoms with Crippen LogP contribution in [0.3, 0.4) is 0 Å². The molecule has 4 atom stereocenters. The Hall–Kier alpha value is -3.47. The number of anilines is 1. The monoisotopic (exact) mass is 470 g/mol. The molecule has 0 spiro atoms. The van der Waals surface area contributed by atoms with Crippen molar-refractivity contribution in [2.75, 3.05) is 5.32 Å². The Morgan fingerprint density at radius 2 is 1.66 bits per heavy atom. The van der Waals surface area contributed by atoms with Crippen molar-refractivity contribution in [3.05, 3.63) is 89.5 Å². The Morgan fingerprint density at radius 1 is 1.00 bits per heavy atom. The minimum absolute atomic E-state index is 0.0344. The Morgan fingerprint density at radius 3 is 2.34 bits per heavy atom. The van der Waals surface area contributed by atoms with Gasteiger partial charge in [0.2, 0.25) is 11.8 Å². The third-order valence-electron chi connectivity index (χ3n) is 7.61. The zero-order chi connectivity index (χ0) is 24.9. The lowest BCUT2D eigenvalue weighted by Crippen LogP contribution is -2.46. The van der Waals surface area contributed by atoms with Crippen LogP contribution in [0.25, 0.3) is 0 Å². The van der Waals surface area contributed by atoms with E-state index in [1.807, 2.05) is 67.6 Å². The minimum Gasteiger partial charge on any atom is -0.340 e. The van der Waals surface area contributed by atoms with Gasteiger partial charge in [-0.2, -0.15) is 0 Å². The highest BCUT2D eigenvalue weighted by Gasteiger charge is 2.38. The summed E-state index contributed by atoms with van der Waals surface area (Å²) >= 11 is 0. The van der Waals surface area contributed by atoms with Crippen molar-refractivity contribution in [1.82, 2.24) is 5.32 Å². The van der Waals surface area contributed by atoms with E-state index >= 15 is 0 Å². The van der Waals surface area contributed by atoms with Gasteiger partial charge in [-0.25, -0.2) is 0 Å². The Bertz CT molecular complexity index is 1140. The van der Waals surface area contributed by atoms with E-state index in [0.717, 1.165) is 24.0 Å². The van der Waals surface area contributed by atoms with Crippen LogP contribution < -0.4 is 10.6 Å². The fraction of sp³-hybridized carbons (Fsp3) is 0.367. The summed E-state index contributed by atoms with van der Waals surface area (Å²) in [5, 5.41) is 5.87. The Labute approximate surface area is 207 Å². The average Bonchev–Trinajstić information content (AvgIpc) is 3.04. The average molecular weight is 471 g/mol. The largest absolute Gasteiger partial charge is 0.340 e. The van der Waals surface area contributed by atoms with Gasteiger partial charge in [-0.1, -0.05) is 67.6 Å². The third kappa shape index (κ3) is 5.79. The zero-order valence-corrected chi connectivity index (χ0v) is 20.6. The molecule has 1 fully saturated rings. The summed E-state index contributed by atoms with van der Waals surface area (Å²) in [6.45, 7) is 8.27. The molecule has 0 unspecified atom stereocenters. The van der Waals surface area contributed by atoms with Crippen molar-refractivity contribution in [2.45, 2.75) is 52.0 Å². The number of Topliss-reactive ketones (excluding diaryl/α,β-unsaturated/α-hetero) is 1. The number of ketones is 1. The number of rotatable bonds is 7. The highest BCUT2D eigenvalue weighted by molar-refractivity contribution is 6.01. The van der Waals surface area contributed by atoms with E-state index in [1.54, 1.807) is 0 Å². The number of amides is 2. The summed E-state index contributed by atoms with van der Waals surface area (Å²) < 4.78 is 0. The van der Waals surface area contributed by atoms with Gasteiger partial charge < -0.3 is 10.6 Å². The number of fused-ring (bicyclic) bond motifs is 1. The number of hydrogen-bond donors (Lipinski definition) is 2. The first-order valence-corrected chi connectivity index (χ1v) is 12.5. The van der Waals surface area contributed by atoms with Crippen molar-refractivity contribution in [3.63, 3.8) is 0 Å². The second-order valence-electron chi connectivity index (χ2n) is 9.94. The molecular weight excluding hydrogens is 436 g/mol. The van der Waals surface area contributed by atoms with Crippen molar-refractivity contribution in [3.8, 4) is 0 Å². The van der Waals surface area contributed by atoms with E-state index in [4.69, 9.17) is 0 Å². The van der Waals surface area contributed by atoms with Gasteiger partial charge in [-0.05, 0) is 67.2 Å². The molecule has 0 heterocycles. The number of carbonyl (C=O) groups is 3. The molecule has 2 aliphatic carbocycles. The molecule has 2 aromatic rings. The Balaban J connectivity index is 1.49. The maximum atomic E-state index is 13.4. The Kier molecular flexibility index (Phi) is 7.64. The van der Waals surface area contributed by atoms with Gasteiger partial charge >= 0.3 is 0 Å². The maximum Gasteiger partial charge on any atom is 0.247 e. The van der Waals surface area contributed by atoms with Crippen molar-refractivity contribution in [2.24, 2.45) is 17.8 Å². The normalized spacial score (nSPS) is 22.7. The molecule has 5 heteroatoms. The second kappa shape index (κ2) is 10.9. The number of benzene rings is 2. The summed E-state index contributed by atoms with van der Waals surface area (Å²) in [4.78, 5) is 38.9. The van der Waals surface area contributed by atoms with Crippen molar-refractivity contribution < 1.29 is 14.4 Å². The molecule has 2 aliphatic rings. The highest BCUT2D eigenvalue weighted by atomic mass is 16.2. The molecule has 5 nitrogen and oxygen atoms in total. The minimum atomic E-state index is -0.742. The van der Waals surface area contributed by atoms with E-state index in [9.17, 15) is 14.4 Å². The number of nitrogens with one attached hydrogen (secondary N) is 2.